The molecule has 2 aromatic rings. The van der Waals surface area contributed by atoms with E-state index in [1.165, 1.54) is 11.0 Å². The minimum atomic E-state index is -4.42. The van der Waals surface area contributed by atoms with Gasteiger partial charge in [0, 0.05) is 29.9 Å². The summed E-state index contributed by atoms with van der Waals surface area (Å²) >= 11 is 1.08. The first-order valence-electron chi connectivity index (χ1n) is 9.10. The van der Waals surface area contributed by atoms with E-state index < -0.39 is 17.8 Å². The van der Waals surface area contributed by atoms with Crippen molar-refractivity contribution >= 4 is 33.4 Å². The fourth-order valence-electron chi connectivity index (χ4n) is 4.34. The number of carbonyl (C=O) groups is 2. The Morgan fingerprint density at radius 2 is 1.79 bits per heavy atom. The lowest BCUT2D eigenvalue weighted by Gasteiger charge is -2.44. The maximum Gasteiger partial charge on any atom is 0.416 e. The summed E-state index contributed by atoms with van der Waals surface area (Å²) in [4.78, 5) is 27.9. The number of likely N-dealkylation sites (tertiary alicyclic amines) is 2. The van der Waals surface area contributed by atoms with Crippen LogP contribution in [0.5, 0.6) is 0 Å². The van der Waals surface area contributed by atoms with Crippen LogP contribution in [0.25, 0.3) is 10.1 Å². The van der Waals surface area contributed by atoms with Crippen LogP contribution in [0, 0.1) is 0 Å². The first-order valence-corrected chi connectivity index (χ1v) is 9.92. The molecule has 2 saturated heterocycles. The van der Waals surface area contributed by atoms with Crippen molar-refractivity contribution in [2.24, 2.45) is 0 Å². The zero-order chi connectivity index (χ0) is 20.1. The number of benzene rings is 1. The minimum absolute atomic E-state index is 0.170. The van der Waals surface area contributed by atoms with Gasteiger partial charge in [0.2, 0.25) is 0 Å². The fourth-order valence-corrected chi connectivity index (χ4v) is 5.39. The molecule has 0 aliphatic carbocycles. The third kappa shape index (κ3) is 3.21. The van der Waals surface area contributed by atoms with Gasteiger partial charge in [-0.05, 0) is 49.3 Å². The summed E-state index contributed by atoms with van der Waals surface area (Å²) in [6.07, 6.45) is -2.50. The molecule has 5 nitrogen and oxygen atoms in total. The van der Waals surface area contributed by atoms with Crippen LogP contribution in [0.2, 0.25) is 0 Å². The van der Waals surface area contributed by atoms with Crippen LogP contribution in [0.3, 0.4) is 0 Å². The third-order valence-corrected chi connectivity index (χ3v) is 6.95. The lowest BCUT2D eigenvalue weighted by Crippen LogP contribution is -2.54. The summed E-state index contributed by atoms with van der Waals surface area (Å²) in [5.74, 6) is -0.170. The van der Waals surface area contributed by atoms with Crippen LogP contribution >= 0.6 is 11.3 Å². The quantitative estimate of drug-likeness (QED) is 0.741. The van der Waals surface area contributed by atoms with Crippen molar-refractivity contribution in [3.05, 3.63) is 34.7 Å². The van der Waals surface area contributed by atoms with Gasteiger partial charge in [-0.15, -0.1) is 11.3 Å². The number of piperidine rings is 1. The second-order valence-electron chi connectivity index (χ2n) is 7.42. The van der Waals surface area contributed by atoms with Crippen molar-refractivity contribution in [1.82, 2.24) is 9.80 Å². The van der Waals surface area contributed by atoms with Gasteiger partial charge in [-0.1, -0.05) is 6.07 Å². The molecular formula is C19H19F3N2O3S. The number of hydrogen-bond donors (Lipinski definition) is 1. The predicted octanol–water partition coefficient (Wildman–Crippen LogP) is 4.67. The average Bonchev–Trinajstić information content (AvgIpc) is 3.24. The molecule has 1 spiro atoms. The van der Waals surface area contributed by atoms with E-state index in [1.807, 2.05) is 4.90 Å². The summed E-state index contributed by atoms with van der Waals surface area (Å²) in [7, 11) is 0. The first-order chi connectivity index (χ1) is 13.2. The highest BCUT2D eigenvalue weighted by Gasteiger charge is 2.46. The number of halogens is 3. The SMILES string of the molecule is O=C(O)N1CCC2(CCCN2C(=O)c2cc3ccc(C(F)(F)F)cc3s2)CC1. The van der Waals surface area contributed by atoms with E-state index in [2.05, 4.69) is 0 Å². The fraction of sp³-hybridized carbons (Fsp3) is 0.474. The number of fused-ring (bicyclic) bond motifs is 1. The predicted molar refractivity (Wildman–Crippen MR) is 98.7 cm³/mol. The van der Waals surface area contributed by atoms with Crippen molar-refractivity contribution in [1.29, 1.82) is 0 Å². The molecule has 2 aliphatic heterocycles. The van der Waals surface area contributed by atoms with Crippen LogP contribution in [-0.4, -0.2) is 52.1 Å². The molecular weight excluding hydrogens is 393 g/mol. The number of rotatable bonds is 1. The normalized spacial score (nSPS) is 19.5. The highest BCUT2D eigenvalue weighted by Crippen LogP contribution is 2.41. The summed E-state index contributed by atoms with van der Waals surface area (Å²) < 4.78 is 39.3. The Labute approximate surface area is 163 Å². The number of carbonyl (C=O) groups excluding carboxylic acids is 1. The molecule has 2 fully saturated rings. The first kappa shape index (κ1) is 19.0. The Bertz CT molecular complexity index is 932. The standard InChI is InChI=1S/C19H19F3N2O3S/c20-19(21,22)13-3-2-12-10-15(28-14(12)11-13)16(25)24-7-1-4-18(24)5-8-23(9-6-18)17(26)27/h2-3,10-11H,1,4-9H2,(H,26,27). The molecule has 1 aromatic heterocycles. The van der Waals surface area contributed by atoms with Gasteiger partial charge in [0.15, 0.2) is 0 Å². The van der Waals surface area contributed by atoms with E-state index in [0.29, 0.717) is 47.4 Å². The maximum absolute atomic E-state index is 13.2. The molecule has 150 valence electrons. The number of hydrogen-bond acceptors (Lipinski definition) is 3. The van der Waals surface area contributed by atoms with Gasteiger partial charge >= 0.3 is 12.3 Å². The van der Waals surface area contributed by atoms with Crippen LogP contribution in [0.1, 0.15) is 40.9 Å². The van der Waals surface area contributed by atoms with Crippen LogP contribution in [-0.2, 0) is 6.18 Å². The highest BCUT2D eigenvalue weighted by atomic mass is 32.1. The minimum Gasteiger partial charge on any atom is -0.465 e. The van der Waals surface area contributed by atoms with E-state index in [1.54, 1.807) is 6.07 Å². The summed E-state index contributed by atoms with van der Waals surface area (Å²) in [6.45, 7) is 1.37. The Morgan fingerprint density at radius 1 is 1.07 bits per heavy atom. The molecule has 2 aliphatic rings. The molecule has 1 aromatic carbocycles. The van der Waals surface area contributed by atoms with E-state index in [0.717, 1.165) is 36.3 Å². The van der Waals surface area contributed by atoms with Crippen molar-refractivity contribution in [3.8, 4) is 0 Å². The smallest absolute Gasteiger partial charge is 0.416 e. The van der Waals surface area contributed by atoms with Crippen molar-refractivity contribution in [2.45, 2.75) is 37.4 Å². The molecule has 2 amide bonds. The van der Waals surface area contributed by atoms with E-state index in [4.69, 9.17) is 5.11 Å². The van der Waals surface area contributed by atoms with Gasteiger partial charge in [0.05, 0.1) is 10.4 Å². The second kappa shape index (κ2) is 6.65. The highest BCUT2D eigenvalue weighted by molar-refractivity contribution is 7.20. The largest absolute Gasteiger partial charge is 0.465 e. The lowest BCUT2D eigenvalue weighted by molar-refractivity contribution is -0.137. The summed E-state index contributed by atoms with van der Waals surface area (Å²) in [6, 6.07) is 5.17. The van der Waals surface area contributed by atoms with Gasteiger partial charge < -0.3 is 14.9 Å². The van der Waals surface area contributed by atoms with Gasteiger partial charge in [0.1, 0.15) is 0 Å². The third-order valence-electron chi connectivity index (χ3n) is 5.86. The number of alkyl halides is 3. The number of carboxylic acid groups (broad SMARTS) is 1. The lowest BCUT2D eigenvalue weighted by atomic mass is 9.85. The Morgan fingerprint density at radius 3 is 2.43 bits per heavy atom. The molecule has 0 atom stereocenters. The van der Waals surface area contributed by atoms with E-state index in [-0.39, 0.29) is 11.4 Å². The molecule has 1 N–H and O–H groups in total. The molecule has 0 unspecified atom stereocenters. The average molecular weight is 412 g/mol. The maximum atomic E-state index is 13.2. The number of amides is 2. The van der Waals surface area contributed by atoms with Gasteiger partial charge in [-0.2, -0.15) is 13.2 Å². The molecule has 0 bridgehead atoms. The van der Waals surface area contributed by atoms with Gasteiger partial charge in [0.25, 0.3) is 5.91 Å². The Kier molecular flexibility index (Phi) is 4.52. The van der Waals surface area contributed by atoms with E-state index >= 15 is 0 Å². The van der Waals surface area contributed by atoms with Crippen molar-refractivity contribution in [3.63, 3.8) is 0 Å². The van der Waals surface area contributed by atoms with Gasteiger partial charge in [-0.3, -0.25) is 4.79 Å². The second-order valence-corrected chi connectivity index (χ2v) is 8.50. The zero-order valence-electron chi connectivity index (χ0n) is 15.0. The van der Waals surface area contributed by atoms with Crippen molar-refractivity contribution in [2.75, 3.05) is 19.6 Å². The molecule has 9 heteroatoms. The monoisotopic (exact) mass is 412 g/mol. The Balaban J connectivity index is 1.59. The number of nitrogens with zero attached hydrogens (tertiary/aromatic N) is 2. The van der Waals surface area contributed by atoms with E-state index in [9.17, 15) is 22.8 Å². The molecule has 4 rings (SSSR count). The van der Waals surface area contributed by atoms with Crippen LogP contribution in [0.4, 0.5) is 18.0 Å². The molecule has 28 heavy (non-hydrogen) atoms. The zero-order valence-corrected chi connectivity index (χ0v) is 15.8. The van der Waals surface area contributed by atoms with Crippen molar-refractivity contribution < 1.29 is 27.9 Å². The Hall–Kier alpha value is -2.29. The number of thiophene rings is 1. The van der Waals surface area contributed by atoms with Crippen LogP contribution in [0.15, 0.2) is 24.3 Å². The molecule has 3 heterocycles. The summed E-state index contributed by atoms with van der Waals surface area (Å²) in [5, 5.41) is 9.77. The van der Waals surface area contributed by atoms with Crippen LogP contribution < -0.4 is 0 Å². The summed E-state index contributed by atoms with van der Waals surface area (Å²) in [5.41, 5.74) is -1.07. The van der Waals surface area contributed by atoms with Gasteiger partial charge in [-0.25, -0.2) is 4.79 Å². The molecule has 0 saturated carbocycles. The molecule has 0 radical (unpaired) electrons. The topological polar surface area (TPSA) is 60.9 Å².